The van der Waals surface area contributed by atoms with Gasteiger partial charge in [0.25, 0.3) is 0 Å². The van der Waals surface area contributed by atoms with Crippen molar-refractivity contribution in [1.29, 1.82) is 0 Å². The lowest BCUT2D eigenvalue weighted by Crippen LogP contribution is -2.22. The lowest BCUT2D eigenvalue weighted by atomic mass is 10.3. The first kappa shape index (κ1) is 14.4. The third kappa shape index (κ3) is 4.93. The van der Waals surface area contributed by atoms with Crippen LogP contribution < -0.4 is 10.1 Å². The molecule has 20 heavy (non-hydrogen) atoms. The molecule has 0 aliphatic rings. The Hall–Kier alpha value is -2.01. The molecule has 0 bridgehead atoms. The number of hydrogen-bond donors (Lipinski definition) is 1. The number of pyridine rings is 1. The smallest absolute Gasteiger partial charge is 0.233 e. The number of ether oxygens (including phenoxy) is 1. The largest absolute Gasteiger partial charge is 0.476 e. The van der Waals surface area contributed by atoms with E-state index in [-0.39, 0.29) is 0 Å². The number of nitrogens with zero attached hydrogens (tertiary/aromatic N) is 3. The van der Waals surface area contributed by atoms with E-state index in [0.29, 0.717) is 18.5 Å². The van der Waals surface area contributed by atoms with Crippen LogP contribution in [0.5, 0.6) is 5.88 Å². The van der Waals surface area contributed by atoms with Crippen molar-refractivity contribution in [2.45, 2.75) is 32.9 Å². The van der Waals surface area contributed by atoms with E-state index in [1.165, 1.54) is 0 Å². The van der Waals surface area contributed by atoms with Gasteiger partial charge in [0.05, 0.1) is 12.3 Å². The molecular weight excluding hydrogens is 252 g/mol. The summed E-state index contributed by atoms with van der Waals surface area (Å²) in [6, 6.07) is 10.1. The van der Waals surface area contributed by atoms with E-state index in [9.17, 15) is 0 Å². The molecule has 0 saturated carbocycles. The third-order valence-corrected chi connectivity index (χ3v) is 2.72. The summed E-state index contributed by atoms with van der Waals surface area (Å²) in [4.78, 5) is 4.24. The van der Waals surface area contributed by atoms with Crippen LogP contribution >= 0.6 is 0 Å². The normalized spacial score (nSPS) is 10.8. The molecule has 0 aliphatic heterocycles. The first-order chi connectivity index (χ1) is 9.74. The van der Waals surface area contributed by atoms with E-state index >= 15 is 0 Å². The maximum absolute atomic E-state index is 5.56. The van der Waals surface area contributed by atoms with Gasteiger partial charge in [-0.25, -0.2) is 0 Å². The Labute approximate surface area is 119 Å². The summed E-state index contributed by atoms with van der Waals surface area (Å²) in [5.74, 6) is 0.550. The molecule has 0 radical (unpaired) electrons. The van der Waals surface area contributed by atoms with Crippen LogP contribution in [0.4, 0.5) is 0 Å². The van der Waals surface area contributed by atoms with E-state index in [2.05, 4.69) is 34.3 Å². The molecule has 0 atom stereocenters. The molecule has 2 aromatic heterocycles. The van der Waals surface area contributed by atoms with Crippen molar-refractivity contribution in [1.82, 2.24) is 20.5 Å². The number of nitrogens with one attached hydrogen (secondary N) is 1. The fraction of sp³-hybridized carbons (Fsp3) is 0.400. The predicted octanol–water partition coefficient (Wildman–Crippen LogP) is 1.99. The van der Waals surface area contributed by atoms with Crippen LogP contribution in [0.3, 0.4) is 0 Å². The van der Waals surface area contributed by atoms with Gasteiger partial charge in [0.2, 0.25) is 5.88 Å². The van der Waals surface area contributed by atoms with E-state index in [4.69, 9.17) is 4.74 Å². The Morgan fingerprint density at radius 3 is 2.65 bits per heavy atom. The van der Waals surface area contributed by atoms with Crippen molar-refractivity contribution in [3.63, 3.8) is 0 Å². The van der Waals surface area contributed by atoms with Crippen molar-refractivity contribution in [3.8, 4) is 5.88 Å². The predicted molar refractivity (Wildman–Crippen MR) is 77.4 cm³/mol. The summed E-state index contributed by atoms with van der Waals surface area (Å²) in [6.45, 7) is 5.47. The highest BCUT2D eigenvalue weighted by Gasteiger charge is 2.01. The maximum Gasteiger partial charge on any atom is 0.233 e. The zero-order valence-electron chi connectivity index (χ0n) is 11.9. The number of hydrogen-bond acceptors (Lipinski definition) is 5. The molecular formula is C15H20N4O. The second-order valence-electron chi connectivity index (χ2n) is 4.82. The quantitative estimate of drug-likeness (QED) is 0.835. The molecule has 0 aliphatic carbocycles. The van der Waals surface area contributed by atoms with Gasteiger partial charge in [-0.05, 0) is 18.2 Å². The van der Waals surface area contributed by atoms with Crippen LogP contribution in [0.25, 0.3) is 0 Å². The molecule has 2 rings (SSSR count). The Morgan fingerprint density at radius 1 is 1.10 bits per heavy atom. The summed E-state index contributed by atoms with van der Waals surface area (Å²) in [6.07, 6.45) is 2.55. The minimum atomic E-state index is 0.436. The summed E-state index contributed by atoms with van der Waals surface area (Å²) in [7, 11) is 0. The number of rotatable bonds is 7. The zero-order chi connectivity index (χ0) is 14.2. The summed E-state index contributed by atoms with van der Waals surface area (Å²) in [5, 5.41) is 11.5. The van der Waals surface area contributed by atoms with Crippen molar-refractivity contribution < 1.29 is 4.74 Å². The van der Waals surface area contributed by atoms with Crippen LogP contribution in [-0.4, -0.2) is 27.8 Å². The van der Waals surface area contributed by atoms with Crippen molar-refractivity contribution in [3.05, 3.63) is 47.9 Å². The molecule has 5 nitrogen and oxygen atoms in total. The fourth-order valence-corrected chi connectivity index (χ4v) is 1.63. The molecule has 2 aromatic rings. The molecule has 0 aromatic carbocycles. The first-order valence-corrected chi connectivity index (χ1v) is 6.83. The Bertz CT molecular complexity index is 499. The molecule has 106 valence electrons. The summed E-state index contributed by atoms with van der Waals surface area (Å²) >= 11 is 0. The van der Waals surface area contributed by atoms with Gasteiger partial charge in [0.15, 0.2) is 0 Å². The van der Waals surface area contributed by atoms with Crippen LogP contribution in [0.15, 0.2) is 36.5 Å². The van der Waals surface area contributed by atoms with Gasteiger partial charge in [-0.2, -0.15) is 5.10 Å². The molecule has 0 saturated heterocycles. The monoisotopic (exact) mass is 272 g/mol. The molecule has 0 unspecified atom stereocenters. The Kier molecular flexibility index (Phi) is 5.43. The lowest BCUT2D eigenvalue weighted by molar-refractivity contribution is 0.304. The molecule has 2 heterocycles. The van der Waals surface area contributed by atoms with Crippen molar-refractivity contribution in [2.75, 3.05) is 6.61 Å². The second kappa shape index (κ2) is 7.55. The molecule has 0 spiro atoms. The van der Waals surface area contributed by atoms with E-state index < -0.39 is 0 Å². The van der Waals surface area contributed by atoms with Crippen LogP contribution in [0.1, 0.15) is 25.2 Å². The van der Waals surface area contributed by atoms with Crippen molar-refractivity contribution in [2.24, 2.45) is 0 Å². The maximum atomic E-state index is 5.56. The third-order valence-electron chi connectivity index (χ3n) is 2.72. The van der Waals surface area contributed by atoms with Crippen LogP contribution in [-0.2, 0) is 13.0 Å². The minimum Gasteiger partial charge on any atom is -0.476 e. The zero-order valence-corrected chi connectivity index (χ0v) is 11.9. The van der Waals surface area contributed by atoms with Crippen molar-refractivity contribution >= 4 is 0 Å². The van der Waals surface area contributed by atoms with Crippen LogP contribution in [0.2, 0.25) is 0 Å². The van der Waals surface area contributed by atoms with Gasteiger partial charge in [-0.15, -0.1) is 5.10 Å². The first-order valence-electron chi connectivity index (χ1n) is 6.83. The highest BCUT2D eigenvalue weighted by atomic mass is 16.5. The van der Waals surface area contributed by atoms with Crippen LogP contribution in [0, 0.1) is 0 Å². The standard InChI is InChI=1S/C15H20N4O/c1-12(2)17-11-14-6-7-15(19-18-14)20-10-8-13-5-3-4-9-16-13/h3-7,9,12,17H,8,10-11H2,1-2H3. The highest BCUT2D eigenvalue weighted by molar-refractivity contribution is 5.11. The molecule has 1 N–H and O–H groups in total. The van der Waals surface area contributed by atoms with Gasteiger partial charge in [0, 0.05) is 37.0 Å². The minimum absolute atomic E-state index is 0.436. The summed E-state index contributed by atoms with van der Waals surface area (Å²) < 4.78 is 5.56. The van der Waals surface area contributed by atoms with E-state index in [1.54, 1.807) is 6.20 Å². The second-order valence-corrected chi connectivity index (χ2v) is 4.82. The van der Waals surface area contributed by atoms with Gasteiger partial charge in [0.1, 0.15) is 0 Å². The Morgan fingerprint density at radius 2 is 2.00 bits per heavy atom. The van der Waals surface area contributed by atoms with Gasteiger partial charge < -0.3 is 10.1 Å². The van der Waals surface area contributed by atoms with Gasteiger partial charge in [-0.3, -0.25) is 4.98 Å². The van der Waals surface area contributed by atoms with E-state index in [1.807, 2.05) is 30.3 Å². The SMILES string of the molecule is CC(C)NCc1ccc(OCCc2ccccn2)nn1. The average molecular weight is 272 g/mol. The highest BCUT2D eigenvalue weighted by Crippen LogP contribution is 2.06. The average Bonchev–Trinajstić information content (AvgIpc) is 2.47. The fourth-order valence-electron chi connectivity index (χ4n) is 1.63. The topological polar surface area (TPSA) is 59.9 Å². The number of aromatic nitrogens is 3. The Balaban J connectivity index is 1.76. The lowest BCUT2D eigenvalue weighted by Gasteiger charge is -2.08. The van der Waals surface area contributed by atoms with E-state index in [0.717, 1.165) is 24.4 Å². The van der Waals surface area contributed by atoms with Gasteiger partial charge >= 0.3 is 0 Å². The summed E-state index contributed by atoms with van der Waals surface area (Å²) in [5.41, 5.74) is 1.92. The molecule has 0 amide bonds. The molecule has 5 heteroatoms. The van der Waals surface area contributed by atoms with Gasteiger partial charge in [-0.1, -0.05) is 19.9 Å². The molecule has 0 fully saturated rings.